The van der Waals surface area contributed by atoms with E-state index in [-0.39, 0.29) is 5.91 Å². The molecule has 1 N–H and O–H groups in total. The highest BCUT2D eigenvalue weighted by molar-refractivity contribution is 5.93. The van der Waals surface area contributed by atoms with Crippen LogP contribution >= 0.6 is 0 Å². The molecule has 1 amide bonds. The van der Waals surface area contributed by atoms with E-state index in [4.69, 9.17) is 0 Å². The summed E-state index contributed by atoms with van der Waals surface area (Å²) in [5.41, 5.74) is 3.17. The third kappa shape index (κ3) is 4.83. The van der Waals surface area contributed by atoms with Crippen molar-refractivity contribution in [3.8, 4) is 0 Å². The largest absolute Gasteiger partial charge is 0.368 e. The number of piperidine rings is 1. The predicted octanol–water partition coefficient (Wildman–Crippen LogP) is 4.47. The van der Waals surface area contributed by atoms with E-state index in [1.807, 2.05) is 12.1 Å². The molecule has 3 rings (SSSR count). The van der Waals surface area contributed by atoms with Gasteiger partial charge in [-0.2, -0.15) is 0 Å². The van der Waals surface area contributed by atoms with Crippen molar-refractivity contribution in [2.24, 2.45) is 0 Å². The molecule has 1 aliphatic carbocycles. The summed E-state index contributed by atoms with van der Waals surface area (Å²) in [5, 5.41) is 3.04. The number of hydrogen-bond acceptors (Lipinski definition) is 3. The number of rotatable bonds is 6. The van der Waals surface area contributed by atoms with Gasteiger partial charge in [0.1, 0.15) is 5.69 Å². The van der Waals surface area contributed by atoms with Crippen LogP contribution in [-0.4, -0.2) is 30.0 Å². The van der Waals surface area contributed by atoms with E-state index < -0.39 is 0 Å². The zero-order valence-corrected chi connectivity index (χ0v) is 15.5. The number of nitrogens with zero attached hydrogens (tertiary/aromatic N) is 2. The Kier molecular flexibility index (Phi) is 6.48. The smallest absolute Gasteiger partial charge is 0.269 e. The van der Waals surface area contributed by atoms with Crippen LogP contribution in [0.5, 0.6) is 0 Å². The van der Waals surface area contributed by atoms with Gasteiger partial charge in [-0.25, -0.2) is 0 Å². The van der Waals surface area contributed by atoms with E-state index >= 15 is 0 Å². The molecule has 1 unspecified atom stereocenters. The number of aromatic nitrogens is 1. The predicted molar refractivity (Wildman–Crippen MR) is 103 cm³/mol. The maximum absolute atomic E-state index is 12.5. The fourth-order valence-corrected chi connectivity index (χ4v) is 4.05. The zero-order chi connectivity index (χ0) is 17.5. The van der Waals surface area contributed by atoms with Gasteiger partial charge < -0.3 is 10.2 Å². The van der Waals surface area contributed by atoms with Crippen molar-refractivity contribution >= 4 is 11.6 Å². The number of pyridine rings is 1. The van der Waals surface area contributed by atoms with Gasteiger partial charge in [0.2, 0.25) is 0 Å². The van der Waals surface area contributed by atoms with Crippen LogP contribution in [0.3, 0.4) is 0 Å². The van der Waals surface area contributed by atoms with Gasteiger partial charge >= 0.3 is 0 Å². The van der Waals surface area contributed by atoms with Crippen molar-refractivity contribution in [1.82, 2.24) is 10.3 Å². The highest BCUT2D eigenvalue weighted by atomic mass is 16.1. The molecule has 136 valence electrons. The standard InChI is InChI=1S/C21H31N3O/c1-2-18-10-6-7-15-24(18)19-12-14-22-20(16-19)21(25)23-13-11-17-8-4-3-5-9-17/h8,12,14,16,18H,2-7,9-11,13,15H2,1H3,(H,23,25). The molecule has 0 saturated carbocycles. The summed E-state index contributed by atoms with van der Waals surface area (Å²) < 4.78 is 0. The van der Waals surface area contributed by atoms with Crippen LogP contribution in [0.25, 0.3) is 0 Å². The molecule has 1 aromatic heterocycles. The van der Waals surface area contributed by atoms with Gasteiger partial charge in [-0.3, -0.25) is 9.78 Å². The van der Waals surface area contributed by atoms with E-state index in [9.17, 15) is 4.79 Å². The number of carbonyl (C=O) groups is 1. The Bertz CT molecular complexity index is 611. The van der Waals surface area contributed by atoms with E-state index in [2.05, 4.69) is 28.2 Å². The first kappa shape index (κ1) is 18.0. The summed E-state index contributed by atoms with van der Waals surface area (Å²) in [6.07, 6.45) is 15.0. The topological polar surface area (TPSA) is 45.2 Å². The highest BCUT2D eigenvalue weighted by Gasteiger charge is 2.22. The lowest BCUT2D eigenvalue weighted by Crippen LogP contribution is -2.39. The fourth-order valence-electron chi connectivity index (χ4n) is 4.05. The molecule has 2 heterocycles. The molecule has 1 saturated heterocycles. The molecule has 25 heavy (non-hydrogen) atoms. The summed E-state index contributed by atoms with van der Waals surface area (Å²) >= 11 is 0. The molecule has 0 radical (unpaired) electrons. The summed E-state index contributed by atoms with van der Waals surface area (Å²) in [7, 11) is 0. The van der Waals surface area contributed by atoms with Gasteiger partial charge in [0, 0.05) is 31.0 Å². The second kappa shape index (κ2) is 9.02. The lowest BCUT2D eigenvalue weighted by molar-refractivity contribution is 0.0949. The molecule has 1 aromatic rings. The number of hydrogen-bond donors (Lipinski definition) is 1. The van der Waals surface area contributed by atoms with Crippen molar-refractivity contribution in [3.63, 3.8) is 0 Å². The lowest BCUT2D eigenvalue weighted by atomic mass is 9.97. The van der Waals surface area contributed by atoms with Crippen LogP contribution in [0, 0.1) is 0 Å². The average molecular weight is 341 g/mol. The van der Waals surface area contributed by atoms with Crippen LogP contribution in [0.15, 0.2) is 30.0 Å². The van der Waals surface area contributed by atoms with Crippen molar-refractivity contribution in [3.05, 3.63) is 35.7 Å². The molecule has 4 heteroatoms. The van der Waals surface area contributed by atoms with Gasteiger partial charge in [-0.05, 0) is 69.9 Å². The molecule has 1 aliphatic heterocycles. The Morgan fingerprint density at radius 1 is 1.32 bits per heavy atom. The minimum absolute atomic E-state index is 0.0525. The van der Waals surface area contributed by atoms with E-state index in [1.54, 1.807) is 6.20 Å². The van der Waals surface area contributed by atoms with Gasteiger partial charge in [-0.15, -0.1) is 0 Å². The maximum Gasteiger partial charge on any atom is 0.269 e. The van der Waals surface area contributed by atoms with E-state index in [1.165, 1.54) is 50.5 Å². The Morgan fingerprint density at radius 3 is 3.04 bits per heavy atom. The Labute approximate surface area is 151 Å². The Morgan fingerprint density at radius 2 is 2.24 bits per heavy atom. The van der Waals surface area contributed by atoms with Gasteiger partial charge in [0.15, 0.2) is 0 Å². The third-order valence-electron chi connectivity index (χ3n) is 5.52. The van der Waals surface area contributed by atoms with Crippen LogP contribution in [0.2, 0.25) is 0 Å². The van der Waals surface area contributed by atoms with Gasteiger partial charge in [0.25, 0.3) is 5.91 Å². The van der Waals surface area contributed by atoms with Crippen LogP contribution < -0.4 is 10.2 Å². The summed E-state index contributed by atoms with van der Waals surface area (Å²) in [6.45, 7) is 4.04. The van der Waals surface area contributed by atoms with Crippen molar-refractivity contribution < 1.29 is 4.79 Å². The molecule has 4 nitrogen and oxygen atoms in total. The minimum atomic E-state index is -0.0525. The number of allylic oxidation sites excluding steroid dienone is 1. The Balaban J connectivity index is 1.58. The van der Waals surface area contributed by atoms with Crippen molar-refractivity contribution in [2.45, 2.75) is 70.8 Å². The lowest BCUT2D eigenvalue weighted by Gasteiger charge is -2.37. The van der Waals surface area contributed by atoms with Gasteiger partial charge in [-0.1, -0.05) is 18.6 Å². The monoisotopic (exact) mass is 341 g/mol. The molecule has 0 bridgehead atoms. The Hall–Kier alpha value is -1.84. The molecule has 0 aromatic carbocycles. The molecular formula is C21H31N3O. The zero-order valence-electron chi connectivity index (χ0n) is 15.5. The first-order valence-electron chi connectivity index (χ1n) is 9.96. The quantitative estimate of drug-likeness (QED) is 0.776. The minimum Gasteiger partial charge on any atom is -0.368 e. The van der Waals surface area contributed by atoms with Gasteiger partial charge in [0.05, 0.1) is 0 Å². The normalized spacial score (nSPS) is 20.9. The summed E-state index contributed by atoms with van der Waals surface area (Å²) in [6, 6.07) is 4.59. The average Bonchev–Trinajstić information content (AvgIpc) is 2.69. The summed E-state index contributed by atoms with van der Waals surface area (Å²) in [4.78, 5) is 19.2. The van der Waals surface area contributed by atoms with Crippen LogP contribution in [0.1, 0.15) is 75.2 Å². The fraction of sp³-hybridized carbons (Fsp3) is 0.619. The first-order valence-corrected chi connectivity index (χ1v) is 9.96. The highest BCUT2D eigenvalue weighted by Crippen LogP contribution is 2.26. The summed E-state index contributed by atoms with van der Waals surface area (Å²) in [5.74, 6) is -0.0525. The van der Waals surface area contributed by atoms with Crippen molar-refractivity contribution in [1.29, 1.82) is 0 Å². The van der Waals surface area contributed by atoms with Crippen LogP contribution in [-0.2, 0) is 0 Å². The van der Waals surface area contributed by atoms with E-state index in [0.29, 0.717) is 18.3 Å². The van der Waals surface area contributed by atoms with Crippen LogP contribution in [0.4, 0.5) is 5.69 Å². The molecule has 1 atom stereocenters. The molecule has 1 fully saturated rings. The number of anilines is 1. The molecule has 2 aliphatic rings. The SMILES string of the molecule is CCC1CCCCN1c1ccnc(C(=O)NCCC2=CCCCC2)c1. The van der Waals surface area contributed by atoms with Crippen molar-refractivity contribution in [2.75, 3.05) is 18.0 Å². The third-order valence-corrected chi connectivity index (χ3v) is 5.52. The molecular weight excluding hydrogens is 310 g/mol. The number of amides is 1. The number of nitrogens with one attached hydrogen (secondary N) is 1. The van der Waals surface area contributed by atoms with E-state index in [0.717, 1.165) is 25.1 Å². The second-order valence-electron chi connectivity index (χ2n) is 7.26. The maximum atomic E-state index is 12.5. The molecule has 0 spiro atoms. The number of carbonyl (C=O) groups excluding carboxylic acids is 1. The first-order chi connectivity index (χ1) is 12.3. The second-order valence-corrected chi connectivity index (χ2v) is 7.26.